The number of carboxylic acids is 1. The molecule has 0 aromatic carbocycles. The van der Waals surface area contributed by atoms with Crippen LogP contribution in [0.1, 0.15) is 32.1 Å². The number of amides is 1. The molecule has 2 heterocycles. The summed E-state index contributed by atoms with van der Waals surface area (Å²) < 4.78 is 2.03. The second-order valence-corrected chi connectivity index (χ2v) is 7.23. The minimum atomic E-state index is -0.950. The van der Waals surface area contributed by atoms with Gasteiger partial charge in [0.2, 0.25) is 5.91 Å². The Morgan fingerprint density at radius 3 is 2.74 bits per heavy atom. The Kier molecular flexibility index (Phi) is 4.57. The molecule has 7 heteroatoms. The zero-order valence-corrected chi connectivity index (χ0v) is 14.2. The van der Waals surface area contributed by atoms with Crippen LogP contribution in [0.25, 0.3) is 0 Å². The summed E-state index contributed by atoms with van der Waals surface area (Å²) in [5, 5.41) is 9.47. The summed E-state index contributed by atoms with van der Waals surface area (Å²) in [5.74, 6) is -0.964. The van der Waals surface area contributed by atoms with Gasteiger partial charge in [-0.05, 0) is 47.2 Å². The highest BCUT2D eigenvalue weighted by Crippen LogP contribution is 2.39. The van der Waals surface area contributed by atoms with Crippen LogP contribution in [-0.2, 0) is 16.1 Å². The van der Waals surface area contributed by atoms with Crippen molar-refractivity contribution in [1.29, 1.82) is 0 Å². The first-order valence-electron chi connectivity index (χ1n) is 7.87. The van der Waals surface area contributed by atoms with Crippen LogP contribution in [0.3, 0.4) is 0 Å². The van der Waals surface area contributed by atoms with Gasteiger partial charge in [-0.25, -0.2) is 4.79 Å². The number of nitrogens with zero attached hydrogens (tertiary/aromatic N) is 2. The number of pyridine rings is 1. The fraction of sp³-hybridized carbons (Fsp3) is 0.562. The zero-order chi connectivity index (χ0) is 16.6. The van der Waals surface area contributed by atoms with E-state index < -0.39 is 12.0 Å². The third kappa shape index (κ3) is 3.20. The first-order valence-corrected chi connectivity index (χ1v) is 8.66. The third-order valence-corrected chi connectivity index (χ3v) is 5.38. The molecule has 1 aliphatic heterocycles. The van der Waals surface area contributed by atoms with E-state index in [0.29, 0.717) is 10.9 Å². The number of aliphatic carboxylic acids is 1. The second kappa shape index (κ2) is 6.47. The fourth-order valence-electron chi connectivity index (χ4n) is 3.89. The van der Waals surface area contributed by atoms with E-state index in [1.54, 1.807) is 12.3 Å². The lowest BCUT2D eigenvalue weighted by atomic mass is 9.85. The Hall–Kier alpha value is -1.63. The fourth-order valence-corrected chi connectivity index (χ4v) is 4.27. The maximum Gasteiger partial charge on any atom is 0.326 e. The van der Waals surface area contributed by atoms with E-state index in [2.05, 4.69) is 15.9 Å². The van der Waals surface area contributed by atoms with Crippen molar-refractivity contribution < 1.29 is 14.7 Å². The van der Waals surface area contributed by atoms with Crippen LogP contribution in [0.2, 0.25) is 0 Å². The van der Waals surface area contributed by atoms with Gasteiger partial charge in [-0.2, -0.15) is 0 Å². The molecule has 2 fully saturated rings. The van der Waals surface area contributed by atoms with Crippen LogP contribution in [-0.4, -0.2) is 38.5 Å². The lowest BCUT2D eigenvalue weighted by molar-refractivity contribution is -0.150. The van der Waals surface area contributed by atoms with E-state index in [0.717, 1.165) is 25.7 Å². The smallest absolute Gasteiger partial charge is 0.326 e. The van der Waals surface area contributed by atoms with Crippen LogP contribution in [0.4, 0.5) is 0 Å². The second-order valence-electron chi connectivity index (χ2n) is 6.32. The molecule has 1 amide bonds. The number of fused-ring (bicyclic) bond motifs is 1. The van der Waals surface area contributed by atoms with Crippen molar-refractivity contribution in [2.45, 2.75) is 50.7 Å². The Morgan fingerprint density at radius 1 is 1.26 bits per heavy atom. The first kappa shape index (κ1) is 16.2. The molecule has 1 saturated heterocycles. The summed E-state index contributed by atoms with van der Waals surface area (Å²) in [6.07, 6.45) is 6.04. The van der Waals surface area contributed by atoms with Gasteiger partial charge in [-0.1, -0.05) is 12.8 Å². The highest BCUT2D eigenvalue weighted by molar-refractivity contribution is 9.10. The van der Waals surface area contributed by atoms with Crippen LogP contribution in [0.5, 0.6) is 0 Å². The average Bonchev–Trinajstić information content (AvgIpc) is 2.90. The predicted octanol–water partition coefficient (Wildman–Crippen LogP) is 1.86. The average molecular weight is 383 g/mol. The summed E-state index contributed by atoms with van der Waals surface area (Å²) in [6, 6.07) is 2.24. The number of hydrogen-bond donors (Lipinski definition) is 1. The monoisotopic (exact) mass is 382 g/mol. The number of aromatic nitrogens is 1. The topological polar surface area (TPSA) is 79.6 Å². The van der Waals surface area contributed by atoms with Crippen molar-refractivity contribution in [3.8, 4) is 0 Å². The van der Waals surface area contributed by atoms with Gasteiger partial charge in [0.15, 0.2) is 0 Å². The number of rotatable bonds is 3. The summed E-state index contributed by atoms with van der Waals surface area (Å²) in [4.78, 5) is 37.7. The lowest BCUT2D eigenvalue weighted by Gasteiger charge is -2.33. The van der Waals surface area contributed by atoms with Gasteiger partial charge in [-0.3, -0.25) is 9.59 Å². The Bertz CT molecular complexity index is 687. The SMILES string of the molecule is O=C(O)[C@@H]1C[C@H]2CCCC[C@@H]2N1C(=O)Cn1cc(Br)ccc1=O. The van der Waals surface area contributed by atoms with Gasteiger partial charge in [0, 0.05) is 22.8 Å². The van der Waals surface area contributed by atoms with E-state index in [-0.39, 0.29) is 30.0 Å². The zero-order valence-electron chi connectivity index (χ0n) is 12.7. The van der Waals surface area contributed by atoms with Gasteiger partial charge in [-0.15, -0.1) is 0 Å². The van der Waals surface area contributed by atoms with Crippen LogP contribution in [0, 0.1) is 5.92 Å². The molecule has 0 radical (unpaired) electrons. The van der Waals surface area contributed by atoms with Gasteiger partial charge in [0.1, 0.15) is 12.6 Å². The molecule has 23 heavy (non-hydrogen) atoms. The van der Waals surface area contributed by atoms with E-state index in [1.807, 2.05) is 0 Å². The van der Waals surface area contributed by atoms with Crippen LogP contribution >= 0.6 is 15.9 Å². The minimum Gasteiger partial charge on any atom is -0.480 e. The van der Waals surface area contributed by atoms with E-state index in [4.69, 9.17) is 0 Å². The van der Waals surface area contributed by atoms with Crippen molar-refractivity contribution in [2.24, 2.45) is 5.92 Å². The Balaban J connectivity index is 1.85. The molecule has 3 atom stereocenters. The van der Waals surface area contributed by atoms with Gasteiger partial charge >= 0.3 is 5.97 Å². The molecular formula is C16H19BrN2O4. The molecule has 0 spiro atoms. The summed E-state index contributed by atoms with van der Waals surface area (Å²) in [7, 11) is 0. The maximum absolute atomic E-state index is 12.7. The van der Waals surface area contributed by atoms with E-state index in [1.165, 1.54) is 15.5 Å². The molecule has 1 N–H and O–H groups in total. The third-order valence-electron chi connectivity index (χ3n) is 4.91. The summed E-state index contributed by atoms with van der Waals surface area (Å²) >= 11 is 3.28. The number of hydrogen-bond acceptors (Lipinski definition) is 3. The molecule has 1 saturated carbocycles. The Morgan fingerprint density at radius 2 is 2.00 bits per heavy atom. The largest absolute Gasteiger partial charge is 0.480 e. The molecule has 1 aliphatic carbocycles. The van der Waals surface area contributed by atoms with Gasteiger partial charge in [0.25, 0.3) is 5.56 Å². The van der Waals surface area contributed by atoms with Gasteiger partial charge < -0.3 is 14.6 Å². The predicted molar refractivity (Wildman–Crippen MR) is 87.0 cm³/mol. The molecule has 0 unspecified atom stereocenters. The molecule has 1 aromatic rings. The molecular weight excluding hydrogens is 364 g/mol. The quantitative estimate of drug-likeness (QED) is 0.864. The molecule has 1 aromatic heterocycles. The van der Waals surface area contributed by atoms with Crippen molar-refractivity contribution >= 4 is 27.8 Å². The number of carbonyl (C=O) groups excluding carboxylic acids is 1. The standard InChI is InChI=1S/C16H19BrN2O4/c17-11-5-6-14(20)18(8-11)9-15(21)19-12-4-2-1-3-10(12)7-13(19)16(22)23/h5-6,8,10,12-13H,1-4,7,9H2,(H,22,23)/t10-,12+,13+/m1/s1. The minimum absolute atomic E-state index is 0.000190. The molecule has 6 nitrogen and oxygen atoms in total. The normalized spacial score (nSPS) is 26.8. The molecule has 0 bridgehead atoms. The van der Waals surface area contributed by atoms with E-state index >= 15 is 0 Å². The molecule has 2 aliphatic rings. The highest BCUT2D eigenvalue weighted by atomic mass is 79.9. The van der Waals surface area contributed by atoms with E-state index in [9.17, 15) is 19.5 Å². The summed E-state index contributed by atoms with van der Waals surface area (Å²) in [5.41, 5.74) is -0.271. The molecule has 3 rings (SSSR count). The van der Waals surface area contributed by atoms with Crippen LogP contribution in [0.15, 0.2) is 27.6 Å². The van der Waals surface area contributed by atoms with Gasteiger partial charge in [0.05, 0.1) is 0 Å². The van der Waals surface area contributed by atoms with Crippen molar-refractivity contribution in [3.05, 3.63) is 33.2 Å². The lowest BCUT2D eigenvalue weighted by Crippen LogP contribution is -2.48. The maximum atomic E-state index is 12.7. The molecule has 124 valence electrons. The number of carboxylic acid groups (broad SMARTS) is 1. The van der Waals surface area contributed by atoms with Crippen molar-refractivity contribution in [2.75, 3.05) is 0 Å². The van der Waals surface area contributed by atoms with Crippen molar-refractivity contribution in [1.82, 2.24) is 9.47 Å². The van der Waals surface area contributed by atoms with Crippen molar-refractivity contribution in [3.63, 3.8) is 0 Å². The van der Waals surface area contributed by atoms with Crippen LogP contribution < -0.4 is 5.56 Å². The number of likely N-dealkylation sites (tertiary alicyclic amines) is 1. The first-order chi connectivity index (χ1) is 11.0. The summed E-state index contributed by atoms with van der Waals surface area (Å²) in [6.45, 7) is -0.120. The number of carbonyl (C=O) groups is 2. The number of halogens is 1. The highest BCUT2D eigenvalue weighted by Gasteiger charge is 2.47. The Labute approximate surface area is 142 Å².